The third kappa shape index (κ3) is 8.59. The van der Waals surface area contributed by atoms with E-state index in [-0.39, 0.29) is 0 Å². The van der Waals surface area contributed by atoms with Gasteiger partial charge in [0.15, 0.2) is 0 Å². The number of benzene rings is 1. The second-order valence-corrected chi connectivity index (χ2v) is 3.81. The molecule has 0 saturated heterocycles. The number of rotatable bonds is 7. The number of nitrogens with one attached hydrogen (secondary N) is 1. The normalized spacial score (nSPS) is 9.28. The van der Waals surface area contributed by atoms with Gasteiger partial charge in [-0.05, 0) is 25.2 Å². The SMILES string of the molecule is C=CCN(CC)CC.C=CCNc1ccccc1. The molecular formula is C16H26N2. The molecule has 0 aliphatic carbocycles. The average molecular weight is 246 g/mol. The monoisotopic (exact) mass is 246 g/mol. The highest BCUT2D eigenvalue weighted by molar-refractivity contribution is 5.42. The summed E-state index contributed by atoms with van der Waals surface area (Å²) in [4.78, 5) is 2.31. The van der Waals surface area contributed by atoms with Gasteiger partial charge >= 0.3 is 0 Å². The molecular weight excluding hydrogens is 220 g/mol. The molecule has 2 heteroatoms. The van der Waals surface area contributed by atoms with Crippen molar-refractivity contribution in [3.63, 3.8) is 0 Å². The largest absolute Gasteiger partial charge is 0.382 e. The molecule has 0 amide bonds. The number of nitrogens with zero attached hydrogens (tertiary/aromatic N) is 1. The van der Waals surface area contributed by atoms with Gasteiger partial charge in [-0.25, -0.2) is 0 Å². The Balaban J connectivity index is 0.000000331. The average Bonchev–Trinajstić information content (AvgIpc) is 2.44. The lowest BCUT2D eigenvalue weighted by molar-refractivity contribution is 0.337. The summed E-state index contributed by atoms with van der Waals surface area (Å²) in [6.07, 6.45) is 3.78. The maximum atomic E-state index is 3.65. The maximum Gasteiger partial charge on any atom is 0.0342 e. The van der Waals surface area contributed by atoms with Gasteiger partial charge in [-0.15, -0.1) is 13.2 Å². The molecule has 1 N–H and O–H groups in total. The number of likely N-dealkylation sites (N-methyl/N-ethyl adjacent to an activating group) is 1. The molecule has 0 fully saturated rings. The number of hydrogen-bond donors (Lipinski definition) is 1. The van der Waals surface area contributed by atoms with Crippen molar-refractivity contribution in [1.29, 1.82) is 0 Å². The Morgan fingerprint density at radius 2 is 1.67 bits per heavy atom. The fourth-order valence-corrected chi connectivity index (χ4v) is 1.41. The first-order valence-corrected chi connectivity index (χ1v) is 6.51. The van der Waals surface area contributed by atoms with Crippen molar-refractivity contribution < 1.29 is 0 Å². The molecule has 0 bridgehead atoms. The highest BCUT2D eigenvalue weighted by Gasteiger charge is 1.91. The lowest BCUT2D eigenvalue weighted by atomic mass is 10.3. The summed E-state index contributed by atoms with van der Waals surface area (Å²) in [7, 11) is 0. The van der Waals surface area contributed by atoms with Crippen LogP contribution in [0.5, 0.6) is 0 Å². The smallest absolute Gasteiger partial charge is 0.0342 e. The van der Waals surface area contributed by atoms with Crippen molar-refractivity contribution in [2.24, 2.45) is 0 Å². The van der Waals surface area contributed by atoms with E-state index in [0.717, 1.165) is 31.9 Å². The van der Waals surface area contributed by atoms with Gasteiger partial charge in [0.25, 0.3) is 0 Å². The molecule has 0 saturated carbocycles. The minimum Gasteiger partial charge on any atom is -0.382 e. The second kappa shape index (κ2) is 11.9. The molecule has 100 valence electrons. The Morgan fingerprint density at radius 3 is 2.06 bits per heavy atom. The van der Waals surface area contributed by atoms with E-state index in [1.165, 1.54) is 0 Å². The molecule has 0 aliphatic heterocycles. The molecule has 0 radical (unpaired) electrons. The van der Waals surface area contributed by atoms with Gasteiger partial charge in [0, 0.05) is 18.8 Å². The van der Waals surface area contributed by atoms with Crippen molar-refractivity contribution in [2.45, 2.75) is 13.8 Å². The van der Waals surface area contributed by atoms with Crippen molar-refractivity contribution in [3.8, 4) is 0 Å². The van der Waals surface area contributed by atoms with Gasteiger partial charge in [0.2, 0.25) is 0 Å². The molecule has 0 unspecified atom stereocenters. The molecule has 1 aromatic carbocycles. The quantitative estimate of drug-likeness (QED) is 0.736. The number of hydrogen-bond acceptors (Lipinski definition) is 2. The van der Waals surface area contributed by atoms with Gasteiger partial charge in [-0.3, -0.25) is 0 Å². The topological polar surface area (TPSA) is 15.3 Å². The number of para-hydroxylation sites is 1. The van der Waals surface area contributed by atoms with E-state index >= 15 is 0 Å². The summed E-state index contributed by atoms with van der Waals surface area (Å²) in [5, 5.41) is 3.18. The van der Waals surface area contributed by atoms with E-state index in [1.807, 2.05) is 42.5 Å². The Morgan fingerprint density at radius 1 is 1.06 bits per heavy atom. The summed E-state index contributed by atoms with van der Waals surface area (Å²) < 4.78 is 0. The molecule has 1 aromatic rings. The zero-order valence-electron chi connectivity index (χ0n) is 11.7. The lowest BCUT2D eigenvalue weighted by Gasteiger charge is -2.14. The summed E-state index contributed by atoms with van der Waals surface area (Å²) in [5.41, 5.74) is 1.14. The highest BCUT2D eigenvalue weighted by Crippen LogP contribution is 2.03. The molecule has 1 rings (SSSR count). The minimum absolute atomic E-state index is 0.823. The first kappa shape index (κ1) is 16.5. The van der Waals surface area contributed by atoms with E-state index in [4.69, 9.17) is 0 Å². The summed E-state index contributed by atoms with van der Waals surface area (Å²) in [5.74, 6) is 0. The maximum absolute atomic E-state index is 3.65. The predicted octanol–water partition coefficient (Wildman–Crippen LogP) is 3.80. The summed E-state index contributed by atoms with van der Waals surface area (Å²) >= 11 is 0. The van der Waals surface area contributed by atoms with Crippen LogP contribution in [0, 0.1) is 0 Å². The molecule has 0 aliphatic rings. The highest BCUT2D eigenvalue weighted by atomic mass is 15.1. The van der Waals surface area contributed by atoms with Crippen LogP contribution < -0.4 is 5.32 Å². The van der Waals surface area contributed by atoms with Gasteiger partial charge in [0.05, 0.1) is 0 Å². The predicted molar refractivity (Wildman–Crippen MR) is 83.1 cm³/mol. The first-order valence-electron chi connectivity index (χ1n) is 6.51. The number of anilines is 1. The summed E-state index contributed by atoms with van der Waals surface area (Å²) in [6, 6.07) is 10.1. The van der Waals surface area contributed by atoms with E-state index in [0.29, 0.717) is 0 Å². The van der Waals surface area contributed by atoms with Crippen LogP contribution in [0.25, 0.3) is 0 Å². The fraction of sp³-hybridized carbons (Fsp3) is 0.375. The van der Waals surface area contributed by atoms with E-state index in [1.54, 1.807) is 0 Å². The van der Waals surface area contributed by atoms with Gasteiger partial charge in [0.1, 0.15) is 0 Å². The Labute approximate surface area is 112 Å². The van der Waals surface area contributed by atoms with E-state index < -0.39 is 0 Å². The molecule has 0 aromatic heterocycles. The zero-order chi connectivity index (χ0) is 13.6. The van der Waals surface area contributed by atoms with Crippen molar-refractivity contribution in [2.75, 3.05) is 31.5 Å². The van der Waals surface area contributed by atoms with Crippen LogP contribution in [0.4, 0.5) is 5.69 Å². The second-order valence-electron chi connectivity index (χ2n) is 3.81. The minimum atomic E-state index is 0.823. The Bertz CT molecular complexity index is 302. The lowest BCUT2D eigenvalue weighted by Crippen LogP contribution is -2.22. The van der Waals surface area contributed by atoms with E-state index in [2.05, 4.69) is 37.2 Å². The van der Waals surface area contributed by atoms with Crippen molar-refractivity contribution >= 4 is 5.69 Å². The van der Waals surface area contributed by atoms with Crippen LogP contribution >= 0.6 is 0 Å². The molecule has 0 atom stereocenters. The van der Waals surface area contributed by atoms with Crippen molar-refractivity contribution in [3.05, 3.63) is 55.6 Å². The van der Waals surface area contributed by atoms with Crippen LogP contribution in [0.3, 0.4) is 0 Å². The van der Waals surface area contributed by atoms with Crippen LogP contribution in [-0.2, 0) is 0 Å². The third-order valence-electron chi connectivity index (χ3n) is 2.51. The standard InChI is InChI=1S/C9H11N.C7H15N/c1-2-8-10-9-6-4-3-5-7-9;1-4-7-8(5-2)6-3/h2-7,10H,1,8H2;4H,1,5-7H2,2-3H3. The molecule has 2 nitrogen and oxygen atoms in total. The van der Waals surface area contributed by atoms with E-state index in [9.17, 15) is 0 Å². The van der Waals surface area contributed by atoms with Crippen LogP contribution in [0.15, 0.2) is 55.6 Å². The van der Waals surface area contributed by atoms with Gasteiger partial charge in [-0.1, -0.05) is 44.2 Å². The summed E-state index contributed by atoms with van der Waals surface area (Å²) in [6.45, 7) is 15.7. The molecule has 18 heavy (non-hydrogen) atoms. The van der Waals surface area contributed by atoms with Crippen LogP contribution in [0.1, 0.15) is 13.8 Å². The molecule has 0 heterocycles. The Kier molecular flexibility index (Phi) is 10.9. The zero-order valence-corrected chi connectivity index (χ0v) is 11.7. The third-order valence-corrected chi connectivity index (χ3v) is 2.51. The first-order chi connectivity index (χ1) is 8.78. The Hall–Kier alpha value is -1.54. The van der Waals surface area contributed by atoms with Gasteiger partial charge in [-0.2, -0.15) is 0 Å². The fourth-order valence-electron chi connectivity index (χ4n) is 1.41. The van der Waals surface area contributed by atoms with Crippen molar-refractivity contribution in [1.82, 2.24) is 4.90 Å². The van der Waals surface area contributed by atoms with Gasteiger partial charge < -0.3 is 10.2 Å². The van der Waals surface area contributed by atoms with Crippen LogP contribution in [-0.4, -0.2) is 31.1 Å². The van der Waals surface area contributed by atoms with Crippen LogP contribution in [0.2, 0.25) is 0 Å². The molecule has 0 spiro atoms.